The zero-order valence-electron chi connectivity index (χ0n) is 27.0. The van der Waals surface area contributed by atoms with Gasteiger partial charge in [0.05, 0.1) is 29.2 Å². The van der Waals surface area contributed by atoms with E-state index in [-0.39, 0.29) is 65.6 Å². The number of piperazine rings is 1. The number of benzene rings is 1. The first-order valence-corrected chi connectivity index (χ1v) is 15.6. The lowest BCUT2D eigenvalue weighted by Gasteiger charge is -2.54. The largest absolute Gasteiger partial charge is 0.504 e. The number of hydrogen-bond acceptors (Lipinski definition) is 10. The van der Waals surface area contributed by atoms with E-state index in [0.717, 1.165) is 6.07 Å². The highest BCUT2D eigenvalue weighted by Gasteiger charge is 2.47. The number of hydrogen-bond donors (Lipinski definition) is 2. The SMILES string of the molecule is CCc1c(N2CCN(C(=O)c3ncnc(C)c3O)[C@H]3CC[C@@H]32)c(=O)c2nc(N(C)C)cnc2n1CC(=O)Nc1ccc(C(F)(F)F)cc1F. The van der Waals surface area contributed by atoms with Crippen molar-refractivity contribution in [2.24, 2.45) is 0 Å². The standard InChI is InChI=1S/C32H33F4N9O4/c1-5-20-27(43-10-11-44(22-9-8-21(22)43)31(49)26-28(47)16(2)38-15-39-26)29(48)25-30(37-13-23(41-25)42(3)4)45(20)14-24(46)40-19-7-6-17(12-18(19)33)32(34,35)36/h6-7,12-13,15,21-22,47H,5,8-11,14H2,1-4H3,(H,40,46)/t21-,22-/m0/s1. The van der Waals surface area contributed by atoms with Crippen LogP contribution in [0.15, 0.2) is 35.5 Å². The summed E-state index contributed by atoms with van der Waals surface area (Å²) in [5.74, 6) is -2.37. The van der Waals surface area contributed by atoms with Crippen molar-refractivity contribution in [2.75, 3.05) is 42.3 Å². The summed E-state index contributed by atoms with van der Waals surface area (Å²) in [6.07, 6.45) is -0.532. The van der Waals surface area contributed by atoms with E-state index in [0.29, 0.717) is 36.5 Å². The highest BCUT2D eigenvalue weighted by atomic mass is 19.4. The molecule has 2 amide bonds. The van der Waals surface area contributed by atoms with Crippen LogP contribution >= 0.6 is 0 Å². The molecule has 2 fully saturated rings. The lowest BCUT2D eigenvalue weighted by Crippen LogP contribution is -2.67. The van der Waals surface area contributed by atoms with Crippen molar-refractivity contribution in [3.63, 3.8) is 0 Å². The van der Waals surface area contributed by atoms with E-state index in [1.54, 1.807) is 37.7 Å². The quantitative estimate of drug-likeness (QED) is 0.277. The van der Waals surface area contributed by atoms with Crippen molar-refractivity contribution in [1.82, 2.24) is 29.4 Å². The van der Waals surface area contributed by atoms with E-state index in [2.05, 4.69) is 25.3 Å². The number of fused-ring (bicyclic) bond motifs is 2. The maximum Gasteiger partial charge on any atom is 0.416 e. The number of pyridine rings is 1. The molecule has 0 radical (unpaired) electrons. The monoisotopic (exact) mass is 683 g/mol. The molecule has 0 bridgehead atoms. The minimum Gasteiger partial charge on any atom is -0.504 e. The van der Waals surface area contributed by atoms with Crippen molar-refractivity contribution in [3.8, 4) is 5.75 Å². The lowest BCUT2D eigenvalue weighted by atomic mass is 9.81. The summed E-state index contributed by atoms with van der Waals surface area (Å²) >= 11 is 0. The summed E-state index contributed by atoms with van der Waals surface area (Å²) in [5, 5.41) is 12.8. The van der Waals surface area contributed by atoms with Crippen LogP contribution in [-0.4, -0.2) is 85.6 Å². The zero-order valence-corrected chi connectivity index (χ0v) is 27.0. The first kappa shape index (κ1) is 33.5. The first-order chi connectivity index (χ1) is 23.2. The van der Waals surface area contributed by atoms with Gasteiger partial charge in [-0.25, -0.2) is 24.3 Å². The number of nitrogens with zero attached hydrogens (tertiary/aromatic N) is 8. The van der Waals surface area contributed by atoms with Crippen LogP contribution < -0.4 is 20.5 Å². The highest BCUT2D eigenvalue weighted by molar-refractivity contribution is 5.96. The van der Waals surface area contributed by atoms with Gasteiger partial charge in [0.15, 0.2) is 22.6 Å². The molecular formula is C32H33F4N9O4. The van der Waals surface area contributed by atoms with Crippen LogP contribution in [0.1, 0.15) is 47.2 Å². The molecular weight excluding hydrogens is 650 g/mol. The fraction of sp³-hybridized carbons (Fsp3) is 0.406. The molecule has 17 heteroatoms. The number of aromatic nitrogens is 5. The molecule has 2 atom stereocenters. The van der Waals surface area contributed by atoms with Gasteiger partial charge >= 0.3 is 6.18 Å². The number of amides is 2. The first-order valence-electron chi connectivity index (χ1n) is 15.6. The molecule has 49 heavy (non-hydrogen) atoms. The van der Waals surface area contributed by atoms with Crippen LogP contribution in [0, 0.1) is 12.7 Å². The van der Waals surface area contributed by atoms with Gasteiger partial charge in [0.1, 0.15) is 30.2 Å². The van der Waals surface area contributed by atoms with E-state index in [1.807, 2.05) is 4.90 Å². The molecule has 2 aliphatic rings. The van der Waals surface area contributed by atoms with E-state index >= 15 is 0 Å². The minimum absolute atomic E-state index is 0.0114. The van der Waals surface area contributed by atoms with Gasteiger partial charge in [0.2, 0.25) is 11.3 Å². The second kappa shape index (κ2) is 12.6. The number of alkyl halides is 3. The van der Waals surface area contributed by atoms with Gasteiger partial charge in [-0.2, -0.15) is 13.2 Å². The average molecular weight is 684 g/mol. The van der Waals surface area contributed by atoms with Gasteiger partial charge in [-0.1, -0.05) is 6.92 Å². The fourth-order valence-corrected chi connectivity index (χ4v) is 6.42. The number of anilines is 3. The van der Waals surface area contributed by atoms with Crippen LogP contribution in [-0.2, 0) is 23.9 Å². The van der Waals surface area contributed by atoms with Crippen LogP contribution in [0.4, 0.5) is 34.8 Å². The van der Waals surface area contributed by atoms with Crippen molar-refractivity contribution < 1.29 is 32.3 Å². The highest BCUT2D eigenvalue weighted by Crippen LogP contribution is 2.39. The predicted molar refractivity (Wildman–Crippen MR) is 171 cm³/mol. The molecule has 0 unspecified atom stereocenters. The third kappa shape index (κ3) is 5.97. The third-order valence-electron chi connectivity index (χ3n) is 9.03. The molecule has 2 N–H and O–H groups in total. The molecule has 3 aromatic heterocycles. The fourth-order valence-electron chi connectivity index (χ4n) is 6.42. The number of halogens is 4. The number of aryl methyl sites for hydroxylation is 1. The molecule has 13 nitrogen and oxygen atoms in total. The second-order valence-corrected chi connectivity index (χ2v) is 12.2. The average Bonchev–Trinajstić information content (AvgIpc) is 3.03. The molecule has 258 valence electrons. The summed E-state index contributed by atoms with van der Waals surface area (Å²) in [6.45, 7) is 3.37. The van der Waals surface area contributed by atoms with Gasteiger partial charge in [0, 0.05) is 38.9 Å². The normalized spacial score (nSPS) is 17.5. The molecule has 4 aromatic rings. The maximum absolute atomic E-state index is 14.6. The lowest BCUT2D eigenvalue weighted by molar-refractivity contribution is -0.137. The number of carbonyl (C=O) groups is 2. The van der Waals surface area contributed by atoms with Gasteiger partial charge in [-0.3, -0.25) is 14.4 Å². The predicted octanol–water partition coefficient (Wildman–Crippen LogP) is 3.51. The zero-order chi connectivity index (χ0) is 35.4. The minimum atomic E-state index is -4.76. The van der Waals surface area contributed by atoms with E-state index in [9.17, 15) is 37.1 Å². The summed E-state index contributed by atoms with van der Waals surface area (Å²) in [4.78, 5) is 63.4. The molecule has 1 aromatic carbocycles. The van der Waals surface area contributed by atoms with Crippen molar-refractivity contribution >= 4 is 40.2 Å². The van der Waals surface area contributed by atoms with Crippen LogP contribution in [0.25, 0.3) is 11.2 Å². The summed E-state index contributed by atoms with van der Waals surface area (Å²) in [6, 6.07) is 1.25. The Kier molecular flexibility index (Phi) is 8.62. The molecule has 1 aliphatic carbocycles. The van der Waals surface area contributed by atoms with E-state index < -0.39 is 47.0 Å². The molecule has 6 rings (SSSR count). The Labute approximate surface area is 277 Å². The third-order valence-corrected chi connectivity index (χ3v) is 9.03. The molecule has 4 heterocycles. The van der Waals surface area contributed by atoms with Crippen LogP contribution in [0.2, 0.25) is 0 Å². The molecule has 1 saturated carbocycles. The summed E-state index contributed by atoms with van der Waals surface area (Å²) in [7, 11) is 3.46. The number of nitrogens with one attached hydrogen (secondary N) is 1. The Morgan fingerprint density at radius 2 is 1.84 bits per heavy atom. The van der Waals surface area contributed by atoms with Crippen molar-refractivity contribution in [3.05, 3.63) is 69.4 Å². The topological polar surface area (TPSA) is 150 Å². The van der Waals surface area contributed by atoms with Gasteiger partial charge in [0.25, 0.3) is 5.91 Å². The Morgan fingerprint density at radius 1 is 1.10 bits per heavy atom. The number of carbonyl (C=O) groups excluding carboxylic acids is 2. The van der Waals surface area contributed by atoms with Gasteiger partial charge in [-0.15, -0.1) is 0 Å². The van der Waals surface area contributed by atoms with E-state index in [1.165, 1.54) is 17.1 Å². The smallest absolute Gasteiger partial charge is 0.416 e. The van der Waals surface area contributed by atoms with Gasteiger partial charge in [-0.05, 0) is 44.4 Å². The van der Waals surface area contributed by atoms with Crippen LogP contribution in [0.5, 0.6) is 5.75 Å². The van der Waals surface area contributed by atoms with Crippen molar-refractivity contribution in [1.29, 1.82) is 0 Å². The van der Waals surface area contributed by atoms with Crippen LogP contribution in [0.3, 0.4) is 0 Å². The number of aromatic hydroxyl groups is 1. The molecule has 0 spiro atoms. The summed E-state index contributed by atoms with van der Waals surface area (Å²) < 4.78 is 55.4. The Bertz CT molecular complexity index is 2030. The number of rotatable bonds is 7. The van der Waals surface area contributed by atoms with Gasteiger partial charge < -0.3 is 29.7 Å². The summed E-state index contributed by atoms with van der Waals surface area (Å²) in [5.41, 5.74) is -1.05. The van der Waals surface area contributed by atoms with E-state index in [4.69, 9.17) is 0 Å². The Morgan fingerprint density at radius 3 is 2.47 bits per heavy atom. The Hall–Kier alpha value is -5.35. The maximum atomic E-state index is 14.6. The molecule has 1 saturated heterocycles. The van der Waals surface area contributed by atoms with Crippen molar-refractivity contribution in [2.45, 2.75) is 57.9 Å². The second-order valence-electron chi connectivity index (χ2n) is 12.2. The molecule has 1 aliphatic heterocycles. The Balaban J connectivity index is 1.38.